The molecular weight excluding hydrogens is 217 g/mol. The van der Waals surface area contributed by atoms with Gasteiger partial charge in [0.15, 0.2) is 5.78 Å². The first-order valence-corrected chi connectivity index (χ1v) is 6.08. The van der Waals surface area contributed by atoms with Gasteiger partial charge in [0.25, 0.3) is 0 Å². The number of hydrogen-bond acceptors (Lipinski definition) is 2. The maximum Gasteiger partial charge on any atom is 0.159 e. The number of halogens is 1. The van der Waals surface area contributed by atoms with Crippen molar-refractivity contribution in [1.29, 1.82) is 0 Å². The van der Waals surface area contributed by atoms with Crippen LogP contribution in [0.15, 0.2) is 18.2 Å². The Kier molecular flexibility index (Phi) is 5.13. The molecule has 0 aliphatic heterocycles. The van der Waals surface area contributed by atoms with Crippen LogP contribution in [0, 0.1) is 5.82 Å². The second kappa shape index (κ2) is 6.38. The predicted octanol–water partition coefficient (Wildman–Crippen LogP) is 3.65. The van der Waals surface area contributed by atoms with Crippen molar-refractivity contribution >= 4 is 11.5 Å². The second-order valence-corrected chi connectivity index (χ2v) is 4.35. The van der Waals surface area contributed by atoms with Gasteiger partial charge in [-0.05, 0) is 31.5 Å². The van der Waals surface area contributed by atoms with Gasteiger partial charge in [0.1, 0.15) is 5.82 Å². The third kappa shape index (κ3) is 3.84. The van der Waals surface area contributed by atoms with Gasteiger partial charge in [-0.15, -0.1) is 0 Å². The largest absolute Gasteiger partial charge is 0.372 e. The van der Waals surface area contributed by atoms with Crippen molar-refractivity contribution in [2.24, 2.45) is 0 Å². The van der Waals surface area contributed by atoms with Crippen LogP contribution in [0.3, 0.4) is 0 Å². The molecule has 0 aromatic heterocycles. The van der Waals surface area contributed by atoms with Crippen LogP contribution in [0.2, 0.25) is 0 Å². The van der Waals surface area contributed by atoms with Crippen LogP contribution in [0.5, 0.6) is 0 Å². The Hall–Kier alpha value is -1.38. The maximum absolute atomic E-state index is 13.8. The Bertz CT molecular complexity index is 390. The highest BCUT2D eigenvalue weighted by Crippen LogP contribution is 2.20. The molecule has 0 unspecified atom stereocenters. The number of benzene rings is 1. The fraction of sp³-hybridized carbons (Fsp3) is 0.500. The van der Waals surface area contributed by atoms with Crippen LogP contribution in [0.1, 0.15) is 43.5 Å². The van der Waals surface area contributed by atoms with E-state index in [1.165, 1.54) is 13.0 Å². The first kappa shape index (κ1) is 13.7. The van der Waals surface area contributed by atoms with Gasteiger partial charge in [-0.25, -0.2) is 4.39 Å². The van der Waals surface area contributed by atoms with E-state index in [0.717, 1.165) is 25.8 Å². The van der Waals surface area contributed by atoms with Crippen molar-refractivity contribution in [2.45, 2.75) is 33.1 Å². The molecule has 2 nitrogen and oxygen atoms in total. The van der Waals surface area contributed by atoms with E-state index < -0.39 is 0 Å². The number of hydrogen-bond donors (Lipinski definition) is 0. The first-order chi connectivity index (χ1) is 8.06. The summed E-state index contributed by atoms with van der Waals surface area (Å²) in [5.74, 6) is -0.430. The lowest BCUT2D eigenvalue weighted by atomic mass is 10.1. The van der Waals surface area contributed by atoms with Gasteiger partial charge >= 0.3 is 0 Å². The average molecular weight is 237 g/mol. The molecule has 1 aromatic carbocycles. The van der Waals surface area contributed by atoms with E-state index in [9.17, 15) is 9.18 Å². The molecule has 1 rings (SSSR count). The van der Waals surface area contributed by atoms with Crippen LogP contribution in [0.4, 0.5) is 10.1 Å². The van der Waals surface area contributed by atoms with Crippen molar-refractivity contribution in [3.05, 3.63) is 29.6 Å². The third-order valence-corrected chi connectivity index (χ3v) is 2.86. The zero-order valence-corrected chi connectivity index (χ0v) is 10.8. The molecule has 0 saturated carbocycles. The summed E-state index contributed by atoms with van der Waals surface area (Å²) in [5.41, 5.74) is 0.985. The van der Waals surface area contributed by atoms with Crippen LogP contribution >= 0.6 is 0 Å². The summed E-state index contributed by atoms with van der Waals surface area (Å²) in [7, 11) is 1.88. The van der Waals surface area contributed by atoms with Gasteiger partial charge in [-0.1, -0.05) is 19.8 Å². The summed E-state index contributed by atoms with van der Waals surface area (Å²) < 4.78 is 13.8. The van der Waals surface area contributed by atoms with E-state index in [0.29, 0.717) is 11.3 Å². The lowest BCUT2D eigenvalue weighted by Crippen LogP contribution is -2.19. The number of ketones is 1. The first-order valence-electron chi connectivity index (χ1n) is 6.08. The molecule has 0 spiro atoms. The van der Waals surface area contributed by atoms with Crippen molar-refractivity contribution in [1.82, 2.24) is 0 Å². The van der Waals surface area contributed by atoms with Gasteiger partial charge in [-0.2, -0.15) is 0 Å². The van der Waals surface area contributed by atoms with Gasteiger partial charge in [0.2, 0.25) is 0 Å². The molecule has 0 radical (unpaired) electrons. The highest BCUT2D eigenvalue weighted by Gasteiger charge is 2.09. The number of Topliss-reactive ketones (excluding diaryl/α,β-unsaturated/α-hetero) is 1. The predicted molar refractivity (Wildman–Crippen MR) is 69.2 cm³/mol. The van der Waals surface area contributed by atoms with Crippen LogP contribution < -0.4 is 4.90 Å². The van der Waals surface area contributed by atoms with E-state index >= 15 is 0 Å². The summed E-state index contributed by atoms with van der Waals surface area (Å²) in [4.78, 5) is 13.0. The van der Waals surface area contributed by atoms with E-state index in [1.807, 2.05) is 11.9 Å². The van der Waals surface area contributed by atoms with E-state index in [2.05, 4.69) is 6.92 Å². The Morgan fingerprint density at radius 3 is 2.59 bits per heavy atom. The minimum absolute atomic E-state index is 0.107. The quantitative estimate of drug-likeness (QED) is 0.556. The fourth-order valence-corrected chi connectivity index (χ4v) is 1.75. The number of unbranched alkanes of at least 4 members (excludes halogenated alkanes) is 2. The minimum Gasteiger partial charge on any atom is -0.372 e. The normalized spacial score (nSPS) is 10.4. The second-order valence-electron chi connectivity index (χ2n) is 4.35. The molecule has 0 amide bonds. The molecular formula is C14H20FNO. The SMILES string of the molecule is CCCCCN(C)c1ccc(C(C)=O)cc1F. The Balaban J connectivity index is 2.74. The lowest BCUT2D eigenvalue weighted by Gasteiger charge is -2.20. The number of rotatable bonds is 6. The van der Waals surface area contributed by atoms with Crippen molar-refractivity contribution in [3.63, 3.8) is 0 Å². The molecule has 17 heavy (non-hydrogen) atoms. The van der Waals surface area contributed by atoms with Crippen molar-refractivity contribution in [2.75, 3.05) is 18.5 Å². The standard InChI is InChI=1S/C14H20FNO/c1-4-5-6-9-16(3)14-8-7-12(11(2)17)10-13(14)15/h7-8,10H,4-6,9H2,1-3H3. The van der Waals surface area contributed by atoms with Crippen LogP contribution in [0.25, 0.3) is 0 Å². The molecule has 1 aromatic rings. The third-order valence-electron chi connectivity index (χ3n) is 2.86. The topological polar surface area (TPSA) is 20.3 Å². The Morgan fingerprint density at radius 1 is 1.35 bits per heavy atom. The Morgan fingerprint density at radius 2 is 2.06 bits per heavy atom. The minimum atomic E-state index is -0.323. The zero-order chi connectivity index (χ0) is 12.8. The van der Waals surface area contributed by atoms with Gasteiger partial charge in [-0.3, -0.25) is 4.79 Å². The summed E-state index contributed by atoms with van der Waals surface area (Å²) in [6.07, 6.45) is 3.36. The molecule has 0 aliphatic carbocycles. The molecule has 0 heterocycles. The van der Waals surface area contributed by atoms with E-state index in [1.54, 1.807) is 12.1 Å². The maximum atomic E-state index is 13.8. The van der Waals surface area contributed by atoms with Crippen molar-refractivity contribution < 1.29 is 9.18 Å². The fourth-order valence-electron chi connectivity index (χ4n) is 1.75. The highest BCUT2D eigenvalue weighted by molar-refractivity contribution is 5.94. The summed E-state index contributed by atoms with van der Waals surface area (Å²) in [5, 5.41) is 0. The lowest BCUT2D eigenvalue weighted by molar-refractivity contribution is 0.101. The van der Waals surface area contributed by atoms with E-state index in [4.69, 9.17) is 0 Å². The zero-order valence-electron chi connectivity index (χ0n) is 10.8. The molecule has 0 aliphatic rings. The molecule has 0 saturated heterocycles. The average Bonchev–Trinajstić information content (AvgIpc) is 2.28. The highest BCUT2D eigenvalue weighted by atomic mass is 19.1. The van der Waals surface area contributed by atoms with Crippen LogP contribution in [-0.2, 0) is 0 Å². The number of carbonyl (C=O) groups excluding carboxylic acids is 1. The van der Waals surface area contributed by atoms with Crippen molar-refractivity contribution in [3.8, 4) is 0 Å². The molecule has 0 N–H and O–H groups in total. The summed E-state index contributed by atoms with van der Waals surface area (Å²) >= 11 is 0. The van der Waals surface area contributed by atoms with Gasteiger partial charge in [0.05, 0.1) is 5.69 Å². The van der Waals surface area contributed by atoms with Gasteiger partial charge < -0.3 is 4.90 Å². The summed E-state index contributed by atoms with van der Waals surface area (Å²) in [6, 6.07) is 4.67. The number of anilines is 1. The van der Waals surface area contributed by atoms with E-state index in [-0.39, 0.29) is 11.6 Å². The number of nitrogens with zero attached hydrogens (tertiary/aromatic N) is 1. The molecule has 94 valence electrons. The monoisotopic (exact) mass is 237 g/mol. The Labute approximate surface area is 102 Å². The summed E-state index contributed by atoms with van der Waals surface area (Å²) in [6.45, 7) is 4.42. The number of carbonyl (C=O) groups is 1. The smallest absolute Gasteiger partial charge is 0.159 e. The molecule has 0 bridgehead atoms. The molecule has 0 atom stereocenters. The molecule has 0 fully saturated rings. The van der Waals surface area contributed by atoms with Crippen LogP contribution in [-0.4, -0.2) is 19.4 Å². The van der Waals surface area contributed by atoms with Gasteiger partial charge in [0, 0.05) is 19.2 Å². The molecule has 3 heteroatoms.